The molecule has 0 spiro atoms. The van der Waals surface area contributed by atoms with Gasteiger partial charge in [-0.2, -0.15) is 0 Å². The van der Waals surface area contributed by atoms with Crippen LogP contribution in [0, 0.1) is 12.0 Å². The monoisotopic (exact) mass is 136 g/mol. The van der Waals surface area contributed by atoms with Gasteiger partial charge in [0.05, 0.1) is 12.6 Å². The summed E-state index contributed by atoms with van der Waals surface area (Å²) < 4.78 is 0. The molecule has 0 unspecified atom stereocenters. The molecule has 1 nitrogen and oxygen atoms in total. The number of rotatable bonds is 0. The minimum Gasteiger partial charge on any atom is -0.302 e. The first kappa shape index (κ1) is 6.33. The summed E-state index contributed by atoms with van der Waals surface area (Å²) in [6.45, 7) is 1.04. The Morgan fingerprint density at radius 1 is 1.30 bits per heavy atom. The SMILES string of the molecule is [C+]1=CCN[C@@H]2CCCC[C@H]12. The van der Waals surface area contributed by atoms with Gasteiger partial charge >= 0.3 is 0 Å². The van der Waals surface area contributed by atoms with Crippen molar-refractivity contribution in [3.63, 3.8) is 0 Å². The highest BCUT2D eigenvalue weighted by atomic mass is 14.9. The summed E-state index contributed by atoms with van der Waals surface area (Å²) in [5, 5.41) is 3.50. The molecule has 10 heavy (non-hydrogen) atoms. The summed E-state index contributed by atoms with van der Waals surface area (Å²) in [5.41, 5.74) is 0. The molecule has 1 aliphatic heterocycles. The summed E-state index contributed by atoms with van der Waals surface area (Å²) in [4.78, 5) is 0. The molecule has 0 radical (unpaired) electrons. The Morgan fingerprint density at radius 3 is 3.10 bits per heavy atom. The number of nitrogens with one attached hydrogen (secondary N) is 1. The van der Waals surface area contributed by atoms with Gasteiger partial charge in [0.25, 0.3) is 0 Å². The van der Waals surface area contributed by atoms with Gasteiger partial charge in [-0.3, -0.25) is 0 Å². The predicted octanol–water partition coefficient (Wildman–Crippen LogP) is 1.51. The van der Waals surface area contributed by atoms with E-state index in [1.54, 1.807) is 0 Å². The molecular weight excluding hydrogens is 122 g/mol. The molecule has 2 rings (SSSR count). The predicted molar refractivity (Wildman–Crippen MR) is 41.6 cm³/mol. The fraction of sp³-hybridized carbons (Fsp3) is 0.778. The van der Waals surface area contributed by atoms with Crippen molar-refractivity contribution in [3.05, 3.63) is 12.2 Å². The number of fused-ring (bicyclic) bond motifs is 1. The van der Waals surface area contributed by atoms with Gasteiger partial charge in [-0.1, -0.05) is 6.42 Å². The van der Waals surface area contributed by atoms with Gasteiger partial charge < -0.3 is 5.32 Å². The fourth-order valence-electron chi connectivity index (χ4n) is 2.00. The van der Waals surface area contributed by atoms with Crippen molar-refractivity contribution in [2.24, 2.45) is 5.92 Å². The Morgan fingerprint density at radius 2 is 2.20 bits per heavy atom. The molecule has 0 bridgehead atoms. The highest BCUT2D eigenvalue weighted by Crippen LogP contribution is 2.26. The first-order chi connectivity index (χ1) is 4.97. The van der Waals surface area contributed by atoms with Crippen LogP contribution in [0.2, 0.25) is 0 Å². The third kappa shape index (κ3) is 1.07. The molecule has 1 heteroatoms. The number of hydrogen-bond donors (Lipinski definition) is 1. The summed E-state index contributed by atoms with van der Waals surface area (Å²) in [6.07, 6.45) is 11.1. The molecular formula is C9H14N+. The van der Waals surface area contributed by atoms with E-state index < -0.39 is 0 Å². The lowest BCUT2D eigenvalue weighted by molar-refractivity contribution is 0.296. The van der Waals surface area contributed by atoms with Crippen LogP contribution in [0.4, 0.5) is 0 Å². The molecule has 0 aromatic heterocycles. The average molecular weight is 136 g/mol. The van der Waals surface area contributed by atoms with Crippen LogP contribution in [0.1, 0.15) is 25.7 Å². The van der Waals surface area contributed by atoms with Gasteiger partial charge in [-0.25, -0.2) is 0 Å². The van der Waals surface area contributed by atoms with Crippen LogP contribution in [0.3, 0.4) is 0 Å². The van der Waals surface area contributed by atoms with Gasteiger partial charge in [-0.05, 0) is 12.8 Å². The first-order valence-corrected chi connectivity index (χ1v) is 4.28. The molecule has 1 heterocycles. The molecule has 2 atom stereocenters. The van der Waals surface area contributed by atoms with Crippen LogP contribution in [0.25, 0.3) is 0 Å². The zero-order valence-corrected chi connectivity index (χ0v) is 6.27. The molecule has 0 aromatic carbocycles. The van der Waals surface area contributed by atoms with Crippen molar-refractivity contribution in [2.75, 3.05) is 6.54 Å². The van der Waals surface area contributed by atoms with Crippen LogP contribution in [-0.4, -0.2) is 12.6 Å². The van der Waals surface area contributed by atoms with E-state index in [0.29, 0.717) is 0 Å². The fourth-order valence-corrected chi connectivity index (χ4v) is 2.00. The molecule has 1 aliphatic carbocycles. The van der Waals surface area contributed by atoms with Gasteiger partial charge in [-0.15, -0.1) is 0 Å². The Bertz CT molecular complexity index is 140. The lowest BCUT2D eigenvalue weighted by atomic mass is 9.83. The van der Waals surface area contributed by atoms with E-state index in [-0.39, 0.29) is 0 Å². The van der Waals surface area contributed by atoms with Crippen molar-refractivity contribution in [1.82, 2.24) is 5.32 Å². The second-order valence-corrected chi connectivity index (χ2v) is 3.28. The Kier molecular flexibility index (Phi) is 1.70. The molecule has 0 saturated heterocycles. The maximum Gasteiger partial charge on any atom is 0.224 e. The average Bonchev–Trinajstić information content (AvgIpc) is 2.05. The van der Waals surface area contributed by atoms with Gasteiger partial charge in [0.15, 0.2) is 12.0 Å². The normalized spacial score (nSPS) is 38.4. The minimum absolute atomic E-state index is 0.738. The zero-order chi connectivity index (χ0) is 6.81. The molecule has 0 amide bonds. The Balaban J connectivity index is 2.03. The van der Waals surface area contributed by atoms with E-state index in [2.05, 4.69) is 17.5 Å². The van der Waals surface area contributed by atoms with Gasteiger partial charge in [0.1, 0.15) is 0 Å². The van der Waals surface area contributed by atoms with E-state index in [1.165, 1.54) is 25.7 Å². The third-order valence-corrected chi connectivity index (χ3v) is 2.58. The van der Waals surface area contributed by atoms with Crippen molar-refractivity contribution in [1.29, 1.82) is 0 Å². The van der Waals surface area contributed by atoms with Crippen LogP contribution >= 0.6 is 0 Å². The second-order valence-electron chi connectivity index (χ2n) is 3.28. The lowest BCUT2D eigenvalue weighted by Gasteiger charge is -2.24. The van der Waals surface area contributed by atoms with Gasteiger partial charge in [0.2, 0.25) is 6.08 Å². The smallest absolute Gasteiger partial charge is 0.224 e. The summed E-state index contributed by atoms with van der Waals surface area (Å²) >= 11 is 0. The summed E-state index contributed by atoms with van der Waals surface area (Å²) in [6, 6.07) is 0.763. The van der Waals surface area contributed by atoms with Crippen LogP contribution in [-0.2, 0) is 0 Å². The molecule has 1 saturated carbocycles. The molecule has 54 valence electrons. The van der Waals surface area contributed by atoms with E-state index in [4.69, 9.17) is 0 Å². The summed E-state index contributed by atoms with van der Waals surface area (Å²) in [7, 11) is 0. The van der Waals surface area contributed by atoms with Crippen LogP contribution in [0.5, 0.6) is 0 Å². The lowest BCUT2D eigenvalue weighted by Crippen LogP contribution is -2.40. The highest BCUT2D eigenvalue weighted by Gasteiger charge is 2.33. The highest BCUT2D eigenvalue weighted by molar-refractivity contribution is 4.96. The van der Waals surface area contributed by atoms with Crippen LogP contribution < -0.4 is 5.32 Å². The zero-order valence-electron chi connectivity index (χ0n) is 6.27. The molecule has 1 N–H and O–H groups in total. The maximum absolute atomic E-state index is 3.50. The topological polar surface area (TPSA) is 12.0 Å². The summed E-state index contributed by atoms with van der Waals surface area (Å²) in [5.74, 6) is 0.738. The second kappa shape index (κ2) is 2.69. The van der Waals surface area contributed by atoms with Crippen molar-refractivity contribution in [2.45, 2.75) is 31.7 Å². The quantitative estimate of drug-likeness (QED) is 0.498. The van der Waals surface area contributed by atoms with E-state index in [0.717, 1.165) is 18.5 Å². The minimum atomic E-state index is 0.738. The van der Waals surface area contributed by atoms with Crippen molar-refractivity contribution >= 4 is 0 Å². The van der Waals surface area contributed by atoms with Gasteiger partial charge in [0, 0.05) is 6.42 Å². The van der Waals surface area contributed by atoms with Crippen LogP contribution in [0.15, 0.2) is 6.08 Å². The molecule has 0 aromatic rings. The first-order valence-electron chi connectivity index (χ1n) is 4.28. The van der Waals surface area contributed by atoms with Crippen molar-refractivity contribution < 1.29 is 0 Å². The van der Waals surface area contributed by atoms with E-state index >= 15 is 0 Å². The van der Waals surface area contributed by atoms with E-state index in [1.807, 2.05) is 0 Å². The Hall–Kier alpha value is -0.390. The standard InChI is InChI=1S/C9H14N/c1-2-6-9-8(4-1)5-3-7-10-9/h3,8-10H,1-2,4,6-7H2/q+1/t8-,9-/m1/s1. The Labute approximate surface area is 62.5 Å². The maximum atomic E-state index is 3.50. The third-order valence-electron chi connectivity index (χ3n) is 2.58. The largest absolute Gasteiger partial charge is 0.302 e. The molecule has 2 aliphatic rings. The van der Waals surface area contributed by atoms with Crippen molar-refractivity contribution in [3.8, 4) is 0 Å². The number of hydrogen-bond acceptors (Lipinski definition) is 1. The van der Waals surface area contributed by atoms with E-state index in [9.17, 15) is 0 Å². The molecule has 1 fully saturated rings.